The minimum Gasteiger partial charge on any atom is -0.508 e. The van der Waals surface area contributed by atoms with Crippen LogP contribution in [0, 0.1) is 27.7 Å². The van der Waals surface area contributed by atoms with Gasteiger partial charge in [-0.2, -0.15) is 0 Å². The summed E-state index contributed by atoms with van der Waals surface area (Å²) in [5, 5.41) is 29.8. The Balaban J connectivity index is 0.000000157. The third-order valence-corrected chi connectivity index (χ3v) is 10.0. The number of rotatable bonds is 4. The van der Waals surface area contributed by atoms with Crippen molar-refractivity contribution in [2.24, 2.45) is 0 Å². The molecule has 0 aliphatic heterocycles. The third-order valence-electron chi connectivity index (χ3n) is 10.0. The fourth-order valence-corrected chi connectivity index (χ4v) is 7.44. The van der Waals surface area contributed by atoms with Crippen molar-refractivity contribution in [2.75, 3.05) is 14.2 Å². The lowest BCUT2D eigenvalue weighted by Crippen LogP contribution is -1.97. The van der Waals surface area contributed by atoms with Crippen molar-refractivity contribution in [3.8, 4) is 45.3 Å². The van der Waals surface area contributed by atoms with Gasteiger partial charge in [0.1, 0.15) is 23.0 Å². The summed E-state index contributed by atoms with van der Waals surface area (Å²) in [6.07, 6.45) is 0. The highest BCUT2D eigenvalue weighted by Crippen LogP contribution is 2.46. The molecule has 248 valence electrons. The molecule has 8 aromatic carbocycles. The zero-order chi connectivity index (χ0) is 35.1. The molecule has 4 heteroatoms. The van der Waals surface area contributed by atoms with Gasteiger partial charge >= 0.3 is 0 Å². The highest BCUT2D eigenvalue weighted by molar-refractivity contribution is 6.10. The summed E-state index contributed by atoms with van der Waals surface area (Å²) in [6, 6.07) is 40.9. The van der Waals surface area contributed by atoms with E-state index in [1.165, 1.54) is 32.7 Å². The van der Waals surface area contributed by atoms with Crippen molar-refractivity contribution in [1.29, 1.82) is 0 Å². The van der Waals surface area contributed by atoms with Crippen molar-refractivity contribution in [2.45, 2.75) is 27.7 Å². The number of phenolic OH excluding ortho intramolecular Hbond substituents is 2. The second-order valence-electron chi connectivity index (χ2n) is 12.8. The van der Waals surface area contributed by atoms with Gasteiger partial charge in [-0.25, -0.2) is 0 Å². The monoisotopic (exact) mass is 656 g/mol. The molecule has 0 atom stereocenters. The van der Waals surface area contributed by atoms with Crippen LogP contribution in [0.5, 0.6) is 23.0 Å². The Labute approximate surface area is 292 Å². The van der Waals surface area contributed by atoms with Crippen molar-refractivity contribution in [3.05, 3.63) is 144 Å². The number of aromatic hydroxyl groups is 2. The molecule has 0 aliphatic rings. The lowest BCUT2D eigenvalue weighted by atomic mass is 9.87. The van der Waals surface area contributed by atoms with Crippen molar-refractivity contribution < 1.29 is 19.7 Å². The van der Waals surface area contributed by atoms with Crippen LogP contribution in [0.15, 0.2) is 121 Å². The van der Waals surface area contributed by atoms with E-state index in [2.05, 4.69) is 86.6 Å². The Kier molecular flexibility index (Phi) is 8.55. The SMILES string of the molecule is COc1cc2ccccc2c(-c2c(C)c(OC)cc3ccccc23)c1C.Cc1c(O)cc2ccccc2c1-c1c(C)c(O)cc2ccccc12. The Hall–Kier alpha value is -6.00. The first-order valence-electron chi connectivity index (χ1n) is 16.8. The van der Waals surface area contributed by atoms with Crippen LogP contribution in [-0.4, -0.2) is 24.4 Å². The number of phenols is 2. The fraction of sp³-hybridized carbons (Fsp3) is 0.130. The molecule has 0 aromatic heterocycles. The first-order chi connectivity index (χ1) is 24.2. The average molecular weight is 657 g/mol. The summed E-state index contributed by atoms with van der Waals surface area (Å²) >= 11 is 0. The number of hydrogen-bond acceptors (Lipinski definition) is 4. The summed E-state index contributed by atoms with van der Waals surface area (Å²) < 4.78 is 11.4. The summed E-state index contributed by atoms with van der Waals surface area (Å²) in [5.74, 6) is 2.36. The molecule has 50 heavy (non-hydrogen) atoms. The van der Waals surface area contributed by atoms with E-state index in [-0.39, 0.29) is 11.5 Å². The first-order valence-corrected chi connectivity index (χ1v) is 16.8. The van der Waals surface area contributed by atoms with Gasteiger partial charge < -0.3 is 19.7 Å². The molecule has 0 bridgehead atoms. The quantitative estimate of drug-likeness (QED) is 0.198. The molecule has 0 radical (unpaired) electrons. The van der Waals surface area contributed by atoms with Crippen LogP contribution < -0.4 is 9.47 Å². The van der Waals surface area contributed by atoms with Crippen LogP contribution >= 0.6 is 0 Å². The smallest absolute Gasteiger partial charge is 0.123 e. The lowest BCUT2D eigenvalue weighted by molar-refractivity contribution is 0.411. The van der Waals surface area contributed by atoms with Gasteiger partial charge in [0.25, 0.3) is 0 Å². The van der Waals surface area contributed by atoms with Crippen LogP contribution in [-0.2, 0) is 0 Å². The Bertz CT molecular complexity index is 2400. The van der Waals surface area contributed by atoms with Gasteiger partial charge in [-0.15, -0.1) is 0 Å². The molecule has 0 saturated heterocycles. The van der Waals surface area contributed by atoms with Crippen LogP contribution in [0.3, 0.4) is 0 Å². The maximum atomic E-state index is 10.4. The number of benzene rings is 8. The molecule has 0 fully saturated rings. The largest absolute Gasteiger partial charge is 0.508 e. The minimum atomic E-state index is 0.274. The topological polar surface area (TPSA) is 58.9 Å². The van der Waals surface area contributed by atoms with Gasteiger partial charge in [-0.05, 0) is 140 Å². The van der Waals surface area contributed by atoms with E-state index < -0.39 is 0 Å². The van der Waals surface area contributed by atoms with E-state index in [0.717, 1.165) is 66.4 Å². The van der Waals surface area contributed by atoms with Gasteiger partial charge in [-0.3, -0.25) is 0 Å². The predicted octanol–water partition coefficient (Wildman–Crippen LogP) is 12.0. The lowest BCUT2D eigenvalue weighted by Gasteiger charge is -2.20. The molecule has 4 nitrogen and oxygen atoms in total. The number of methoxy groups -OCH3 is 2. The standard InChI is InChI=1S/C24H22O2.C22H18O2/c1-15-21(25-3)13-17-9-5-7-11-19(17)23(15)24-16(2)22(26-4)14-18-10-6-8-12-20(18)24;1-13-19(23)11-15-7-3-5-9-17(15)21(13)22-14(2)20(24)12-16-8-4-6-10-18(16)22/h5-14H,1-4H3;3-12,23-24H,1-2H3. The van der Waals surface area contributed by atoms with Crippen LogP contribution in [0.25, 0.3) is 65.3 Å². The maximum Gasteiger partial charge on any atom is 0.123 e. The average Bonchev–Trinajstić information content (AvgIpc) is 3.13. The minimum absolute atomic E-state index is 0.274. The maximum absolute atomic E-state index is 10.4. The summed E-state index contributed by atoms with van der Waals surface area (Å²) in [4.78, 5) is 0. The molecular formula is C46H40O4. The zero-order valence-corrected chi connectivity index (χ0v) is 29.3. The van der Waals surface area contributed by atoms with Crippen molar-refractivity contribution in [1.82, 2.24) is 0 Å². The first kappa shape index (κ1) is 32.5. The number of ether oxygens (including phenoxy) is 2. The Morgan fingerprint density at radius 2 is 0.620 bits per heavy atom. The number of hydrogen-bond donors (Lipinski definition) is 2. The second-order valence-corrected chi connectivity index (χ2v) is 12.8. The molecule has 8 rings (SSSR count). The van der Waals surface area contributed by atoms with Crippen molar-refractivity contribution in [3.63, 3.8) is 0 Å². The summed E-state index contributed by atoms with van der Waals surface area (Å²) in [5.41, 5.74) is 8.34. The molecular weight excluding hydrogens is 617 g/mol. The molecule has 2 N–H and O–H groups in total. The number of fused-ring (bicyclic) bond motifs is 4. The Morgan fingerprint density at radius 3 is 0.920 bits per heavy atom. The van der Waals surface area contributed by atoms with Gasteiger partial charge in [0, 0.05) is 0 Å². The van der Waals surface area contributed by atoms with Crippen LogP contribution in [0.2, 0.25) is 0 Å². The highest BCUT2D eigenvalue weighted by atomic mass is 16.5. The van der Waals surface area contributed by atoms with Gasteiger partial charge in [-0.1, -0.05) is 97.1 Å². The van der Waals surface area contributed by atoms with E-state index in [9.17, 15) is 10.2 Å². The van der Waals surface area contributed by atoms with Gasteiger partial charge in [0.2, 0.25) is 0 Å². The summed E-state index contributed by atoms with van der Waals surface area (Å²) in [6.45, 7) is 8.12. The second kappa shape index (κ2) is 13.1. The molecule has 0 aliphatic carbocycles. The summed E-state index contributed by atoms with van der Waals surface area (Å²) in [7, 11) is 3.47. The van der Waals surface area contributed by atoms with E-state index >= 15 is 0 Å². The van der Waals surface area contributed by atoms with E-state index in [1.54, 1.807) is 26.4 Å². The van der Waals surface area contributed by atoms with Gasteiger partial charge in [0.15, 0.2) is 0 Å². The van der Waals surface area contributed by atoms with Crippen LogP contribution in [0.1, 0.15) is 22.3 Å². The third kappa shape index (κ3) is 5.43. The molecule has 0 amide bonds. The predicted molar refractivity (Wildman–Crippen MR) is 209 cm³/mol. The van der Waals surface area contributed by atoms with E-state index in [0.29, 0.717) is 0 Å². The molecule has 8 aromatic rings. The molecule has 0 spiro atoms. The molecule has 0 unspecified atom stereocenters. The Morgan fingerprint density at radius 1 is 0.360 bits per heavy atom. The van der Waals surface area contributed by atoms with Gasteiger partial charge in [0.05, 0.1) is 14.2 Å². The zero-order valence-electron chi connectivity index (χ0n) is 29.3. The molecule has 0 heterocycles. The van der Waals surface area contributed by atoms with Crippen molar-refractivity contribution >= 4 is 43.1 Å². The highest BCUT2D eigenvalue weighted by Gasteiger charge is 2.20. The fourth-order valence-electron chi connectivity index (χ4n) is 7.44. The van der Waals surface area contributed by atoms with Crippen LogP contribution in [0.4, 0.5) is 0 Å². The van der Waals surface area contributed by atoms with E-state index in [1.807, 2.05) is 50.2 Å². The normalized spacial score (nSPS) is 11.2. The van der Waals surface area contributed by atoms with E-state index in [4.69, 9.17) is 9.47 Å². The molecule has 0 saturated carbocycles.